The quantitative estimate of drug-likeness (QED) is 0.493. The number of amides is 2. The standard InChI is InChI=1S/C24H21ClN2O5/c1-16(26-23(29)17-7-3-2-4-8-17)24(30)31-15-22(28)27-18-11-13-19(14-12-18)32-21-10-6-5-9-20(21)25/h2-14,16H,15H2,1H3,(H,26,29)(H,27,28)/t16-/m0/s1. The first-order chi connectivity index (χ1) is 15.4. The number of halogens is 1. The van der Waals surface area contributed by atoms with Crippen molar-refractivity contribution in [1.29, 1.82) is 0 Å². The van der Waals surface area contributed by atoms with Gasteiger partial charge in [-0.25, -0.2) is 4.79 Å². The van der Waals surface area contributed by atoms with Gasteiger partial charge in [-0.05, 0) is 55.5 Å². The molecule has 1 atom stereocenters. The van der Waals surface area contributed by atoms with Gasteiger partial charge in [0.15, 0.2) is 6.61 Å². The third-order valence-electron chi connectivity index (χ3n) is 4.29. The van der Waals surface area contributed by atoms with E-state index < -0.39 is 30.4 Å². The predicted molar refractivity (Wildman–Crippen MR) is 121 cm³/mol. The fourth-order valence-electron chi connectivity index (χ4n) is 2.65. The Kier molecular flexibility index (Phi) is 7.83. The monoisotopic (exact) mass is 452 g/mol. The van der Waals surface area contributed by atoms with Gasteiger partial charge in [0.25, 0.3) is 11.8 Å². The maximum atomic E-state index is 12.1. The van der Waals surface area contributed by atoms with Crippen molar-refractivity contribution in [3.63, 3.8) is 0 Å². The molecule has 2 amide bonds. The average molecular weight is 453 g/mol. The Morgan fingerprint density at radius 2 is 1.56 bits per heavy atom. The van der Waals surface area contributed by atoms with E-state index in [0.717, 1.165) is 0 Å². The Morgan fingerprint density at radius 3 is 2.25 bits per heavy atom. The fraction of sp³-hybridized carbons (Fsp3) is 0.125. The first kappa shape index (κ1) is 22.8. The van der Waals surface area contributed by atoms with Crippen molar-refractivity contribution < 1.29 is 23.9 Å². The fourth-order valence-corrected chi connectivity index (χ4v) is 2.82. The lowest BCUT2D eigenvalue weighted by atomic mass is 10.2. The minimum absolute atomic E-state index is 0.404. The highest BCUT2D eigenvalue weighted by Gasteiger charge is 2.19. The molecule has 164 valence electrons. The van der Waals surface area contributed by atoms with E-state index >= 15 is 0 Å². The highest BCUT2D eigenvalue weighted by molar-refractivity contribution is 6.32. The van der Waals surface area contributed by atoms with Gasteiger partial charge in [0.2, 0.25) is 0 Å². The van der Waals surface area contributed by atoms with Crippen molar-refractivity contribution in [2.75, 3.05) is 11.9 Å². The van der Waals surface area contributed by atoms with E-state index in [2.05, 4.69) is 10.6 Å². The van der Waals surface area contributed by atoms with Crippen LogP contribution in [0.25, 0.3) is 0 Å². The number of hydrogen-bond acceptors (Lipinski definition) is 5. The van der Waals surface area contributed by atoms with Gasteiger partial charge in [-0.1, -0.05) is 41.9 Å². The van der Waals surface area contributed by atoms with Crippen LogP contribution in [0.3, 0.4) is 0 Å². The van der Waals surface area contributed by atoms with Crippen LogP contribution in [-0.2, 0) is 14.3 Å². The van der Waals surface area contributed by atoms with E-state index in [1.54, 1.807) is 72.8 Å². The first-order valence-electron chi connectivity index (χ1n) is 9.77. The minimum Gasteiger partial charge on any atom is -0.456 e. The van der Waals surface area contributed by atoms with Crippen molar-refractivity contribution in [2.45, 2.75) is 13.0 Å². The zero-order valence-corrected chi connectivity index (χ0v) is 18.0. The van der Waals surface area contributed by atoms with E-state index in [1.165, 1.54) is 6.92 Å². The Bertz CT molecular complexity index is 1090. The number of para-hydroxylation sites is 1. The summed E-state index contributed by atoms with van der Waals surface area (Å²) in [6, 6.07) is 21.3. The largest absolute Gasteiger partial charge is 0.456 e. The molecule has 0 radical (unpaired) electrons. The van der Waals surface area contributed by atoms with Gasteiger partial charge in [0.05, 0.1) is 5.02 Å². The molecule has 0 spiro atoms. The van der Waals surface area contributed by atoms with E-state index in [9.17, 15) is 14.4 Å². The van der Waals surface area contributed by atoms with Crippen molar-refractivity contribution in [3.05, 3.63) is 89.4 Å². The van der Waals surface area contributed by atoms with Gasteiger partial charge in [-0.3, -0.25) is 9.59 Å². The van der Waals surface area contributed by atoms with Crippen LogP contribution < -0.4 is 15.4 Å². The van der Waals surface area contributed by atoms with Crippen LogP contribution in [0.2, 0.25) is 5.02 Å². The van der Waals surface area contributed by atoms with Crippen molar-refractivity contribution in [2.24, 2.45) is 0 Å². The van der Waals surface area contributed by atoms with Crippen molar-refractivity contribution in [3.8, 4) is 11.5 Å². The van der Waals surface area contributed by atoms with E-state index in [-0.39, 0.29) is 0 Å². The summed E-state index contributed by atoms with van der Waals surface area (Å²) < 4.78 is 10.7. The Morgan fingerprint density at radius 1 is 0.906 bits per heavy atom. The van der Waals surface area contributed by atoms with Gasteiger partial charge >= 0.3 is 5.97 Å². The topological polar surface area (TPSA) is 93.7 Å². The minimum atomic E-state index is -0.906. The molecule has 32 heavy (non-hydrogen) atoms. The van der Waals surface area contributed by atoms with Crippen LogP contribution >= 0.6 is 11.6 Å². The molecule has 7 nitrogen and oxygen atoms in total. The van der Waals surface area contributed by atoms with Crippen LogP contribution in [0.1, 0.15) is 17.3 Å². The molecule has 0 heterocycles. The summed E-state index contributed by atoms with van der Waals surface area (Å²) in [6.45, 7) is 1.00. The second kappa shape index (κ2) is 11.0. The molecule has 0 unspecified atom stereocenters. The summed E-state index contributed by atoms with van der Waals surface area (Å²) in [5.74, 6) is -0.567. The molecule has 2 N–H and O–H groups in total. The molecular formula is C24H21ClN2O5. The molecule has 0 saturated carbocycles. The van der Waals surface area contributed by atoms with E-state index in [4.69, 9.17) is 21.1 Å². The Labute approximate surface area is 190 Å². The molecule has 0 aliphatic carbocycles. The lowest BCUT2D eigenvalue weighted by molar-refractivity contribution is -0.148. The summed E-state index contributed by atoms with van der Waals surface area (Å²) in [5.41, 5.74) is 0.926. The summed E-state index contributed by atoms with van der Waals surface area (Å²) in [6.07, 6.45) is 0. The van der Waals surface area contributed by atoms with Crippen LogP contribution in [-0.4, -0.2) is 30.4 Å². The number of ether oxygens (including phenoxy) is 2. The first-order valence-corrected chi connectivity index (χ1v) is 10.1. The molecule has 3 rings (SSSR count). The van der Waals surface area contributed by atoms with Gasteiger partial charge in [0.1, 0.15) is 17.5 Å². The number of hydrogen-bond donors (Lipinski definition) is 2. The van der Waals surface area contributed by atoms with Crippen LogP contribution in [0.4, 0.5) is 5.69 Å². The van der Waals surface area contributed by atoms with Gasteiger partial charge in [-0.15, -0.1) is 0 Å². The second-order valence-corrected chi connectivity index (χ2v) is 7.18. The number of nitrogens with one attached hydrogen (secondary N) is 2. The lowest BCUT2D eigenvalue weighted by Crippen LogP contribution is -2.40. The summed E-state index contributed by atoms with van der Waals surface area (Å²) >= 11 is 6.07. The molecular weight excluding hydrogens is 432 g/mol. The lowest BCUT2D eigenvalue weighted by Gasteiger charge is -2.13. The summed E-state index contributed by atoms with van der Waals surface area (Å²) in [4.78, 5) is 36.2. The highest BCUT2D eigenvalue weighted by atomic mass is 35.5. The van der Waals surface area contributed by atoms with Crippen LogP contribution in [0, 0.1) is 0 Å². The Hall–Kier alpha value is -3.84. The van der Waals surface area contributed by atoms with E-state index in [0.29, 0.717) is 27.8 Å². The molecule has 0 bridgehead atoms. The molecule has 0 fully saturated rings. The highest BCUT2D eigenvalue weighted by Crippen LogP contribution is 2.29. The van der Waals surface area contributed by atoms with Crippen LogP contribution in [0.15, 0.2) is 78.9 Å². The van der Waals surface area contributed by atoms with Gasteiger partial charge < -0.3 is 20.1 Å². The maximum Gasteiger partial charge on any atom is 0.328 e. The molecule has 3 aromatic carbocycles. The predicted octanol–water partition coefficient (Wildman–Crippen LogP) is 4.43. The van der Waals surface area contributed by atoms with Crippen molar-refractivity contribution >= 4 is 35.1 Å². The number of benzene rings is 3. The number of anilines is 1. The maximum absolute atomic E-state index is 12.1. The molecule has 0 aromatic heterocycles. The molecule has 8 heteroatoms. The van der Waals surface area contributed by atoms with Crippen LogP contribution in [0.5, 0.6) is 11.5 Å². The van der Waals surface area contributed by atoms with Gasteiger partial charge in [0, 0.05) is 11.3 Å². The van der Waals surface area contributed by atoms with Gasteiger partial charge in [-0.2, -0.15) is 0 Å². The molecule has 0 aliphatic heterocycles. The third kappa shape index (κ3) is 6.58. The summed E-state index contributed by atoms with van der Waals surface area (Å²) in [5, 5.41) is 5.64. The Balaban J connectivity index is 1.44. The normalized spacial score (nSPS) is 11.2. The average Bonchev–Trinajstić information content (AvgIpc) is 2.80. The SMILES string of the molecule is C[C@H](NC(=O)c1ccccc1)C(=O)OCC(=O)Nc1ccc(Oc2ccccc2Cl)cc1. The number of carbonyl (C=O) groups is 3. The smallest absolute Gasteiger partial charge is 0.328 e. The third-order valence-corrected chi connectivity index (χ3v) is 4.60. The van der Waals surface area contributed by atoms with Crippen molar-refractivity contribution in [1.82, 2.24) is 5.32 Å². The molecule has 0 saturated heterocycles. The number of rotatable bonds is 8. The molecule has 3 aromatic rings. The number of esters is 1. The zero-order valence-electron chi connectivity index (χ0n) is 17.2. The summed E-state index contributed by atoms with van der Waals surface area (Å²) in [7, 11) is 0. The molecule has 0 aliphatic rings. The second-order valence-electron chi connectivity index (χ2n) is 6.77. The van der Waals surface area contributed by atoms with E-state index in [1.807, 2.05) is 6.07 Å². The zero-order chi connectivity index (χ0) is 22.9. The number of carbonyl (C=O) groups excluding carboxylic acids is 3.